The summed E-state index contributed by atoms with van der Waals surface area (Å²) < 4.78 is 7.45. The minimum Gasteiger partial charge on any atom is -0.376 e. The molecule has 6 heteroatoms. The molecule has 1 aromatic heterocycles. The number of benzene rings is 1. The lowest BCUT2D eigenvalue weighted by Crippen LogP contribution is -2.49. The van der Waals surface area contributed by atoms with Crippen molar-refractivity contribution < 1.29 is 9.53 Å². The highest BCUT2D eigenvalue weighted by Gasteiger charge is 2.34. The molecule has 1 saturated heterocycles. The van der Waals surface area contributed by atoms with E-state index in [4.69, 9.17) is 4.74 Å². The first-order valence-electron chi connectivity index (χ1n) is 8.94. The summed E-state index contributed by atoms with van der Waals surface area (Å²) >= 11 is 0. The van der Waals surface area contributed by atoms with Gasteiger partial charge in [0.15, 0.2) is 5.69 Å². The van der Waals surface area contributed by atoms with Gasteiger partial charge in [0.25, 0.3) is 5.91 Å². The highest BCUT2D eigenvalue weighted by molar-refractivity contribution is 5.99. The maximum absolute atomic E-state index is 12.8. The van der Waals surface area contributed by atoms with E-state index in [9.17, 15) is 4.79 Å². The fourth-order valence-electron chi connectivity index (χ4n) is 3.63. The van der Waals surface area contributed by atoms with Crippen LogP contribution in [0.5, 0.6) is 0 Å². The number of fused-ring (bicyclic) bond motifs is 1. The Morgan fingerprint density at radius 2 is 2.08 bits per heavy atom. The molecule has 1 atom stereocenters. The Morgan fingerprint density at radius 3 is 2.84 bits per heavy atom. The summed E-state index contributed by atoms with van der Waals surface area (Å²) in [4.78, 5) is 16.9. The smallest absolute Gasteiger partial charge is 0.278 e. The van der Waals surface area contributed by atoms with Crippen LogP contribution >= 0.6 is 0 Å². The summed E-state index contributed by atoms with van der Waals surface area (Å²) in [7, 11) is 1.87. The number of aryl methyl sites for hydroxylation is 1. The van der Waals surface area contributed by atoms with Crippen molar-refractivity contribution in [3.8, 4) is 0 Å². The van der Waals surface area contributed by atoms with Crippen molar-refractivity contribution in [2.45, 2.75) is 25.4 Å². The molecule has 1 fully saturated rings. The van der Waals surface area contributed by atoms with Gasteiger partial charge >= 0.3 is 0 Å². The van der Waals surface area contributed by atoms with Crippen molar-refractivity contribution >= 4 is 11.6 Å². The second-order valence-corrected chi connectivity index (χ2v) is 6.84. The first-order chi connectivity index (χ1) is 12.2. The summed E-state index contributed by atoms with van der Waals surface area (Å²) in [6.07, 6.45) is 5.16. The first-order valence-corrected chi connectivity index (χ1v) is 8.94. The summed E-state index contributed by atoms with van der Waals surface area (Å²) in [6, 6.07) is 10.4. The van der Waals surface area contributed by atoms with Gasteiger partial charge in [-0.05, 0) is 24.8 Å². The number of nitrogens with zero attached hydrogens (tertiary/aromatic N) is 4. The summed E-state index contributed by atoms with van der Waals surface area (Å²) in [5.41, 5.74) is 2.79. The maximum atomic E-state index is 12.8. The number of aromatic nitrogens is 2. The molecule has 132 valence electrons. The molecule has 6 nitrogen and oxygen atoms in total. The van der Waals surface area contributed by atoms with Crippen molar-refractivity contribution in [3.05, 3.63) is 47.8 Å². The van der Waals surface area contributed by atoms with E-state index in [1.807, 2.05) is 24.2 Å². The highest BCUT2D eigenvalue weighted by atomic mass is 16.5. The standard InChI is InChI=1S/C19H24N4O2/c1-21-13-17-18(20-21)19(24)23(12-16-8-5-11-25-16)14-22(17)10-9-15-6-3-2-4-7-15/h2-4,6-7,13,16H,5,8-12,14H2,1H3/t16-/m0/s1. The van der Waals surface area contributed by atoms with E-state index in [1.54, 1.807) is 4.68 Å². The van der Waals surface area contributed by atoms with E-state index in [1.165, 1.54) is 5.56 Å². The largest absolute Gasteiger partial charge is 0.376 e. The normalized spacial score (nSPS) is 20.2. The molecule has 0 saturated carbocycles. The third-order valence-corrected chi connectivity index (χ3v) is 4.94. The Balaban J connectivity index is 1.52. The Kier molecular flexibility index (Phi) is 4.44. The Morgan fingerprint density at radius 1 is 1.24 bits per heavy atom. The van der Waals surface area contributed by atoms with Crippen LogP contribution in [0, 0.1) is 0 Å². The monoisotopic (exact) mass is 340 g/mol. The van der Waals surface area contributed by atoms with Crippen molar-refractivity contribution in [1.82, 2.24) is 14.7 Å². The highest BCUT2D eigenvalue weighted by Crippen LogP contribution is 2.27. The van der Waals surface area contributed by atoms with Crippen molar-refractivity contribution in [3.63, 3.8) is 0 Å². The second-order valence-electron chi connectivity index (χ2n) is 6.84. The number of amides is 1. The van der Waals surface area contributed by atoms with Gasteiger partial charge in [0, 0.05) is 32.9 Å². The van der Waals surface area contributed by atoms with Crippen LogP contribution in [0.25, 0.3) is 0 Å². The minimum atomic E-state index is 0.0158. The van der Waals surface area contributed by atoms with Crippen molar-refractivity contribution in [1.29, 1.82) is 0 Å². The van der Waals surface area contributed by atoms with Gasteiger partial charge in [-0.3, -0.25) is 9.48 Å². The molecule has 0 unspecified atom stereocenters. The molecule has 1 amide bonds. The van der Waals surface area contributed by atoms with Gasteiger partial charge in [-0.15, -0.1) is 0 Å². The number of anilines is 1. The van der Waals surface area contributed by atoms with Crippen LogP contribution in [0.2, 0.25) is 0 Å². The molecule has 4 rings (SSSR count). The zero-order valence-electron chi connectivity index (χ0n) is 14.6. The van der Waals surface area contributed by atoms with E-state index in [0.717, 1.165) is 38.1 Å². The minimum absolute atomic E-state index is 0.0158. The van der Waals surface area contributed by atoms with Crippen LogP contribution in [0.15, 0.2) is 36.5 Å². The zero-order chi connectivity index (χ0) is 17.2. The number of ether oxygens (including phenoxy) is 1. The summed E-state index contributed by atoms with van der Waals surface area (Å²) in [5.74, 6) is 0.0158. The van der Waals surface area contributed by atoms with Crippen LogP contribution < -0.4 is 4.90 Å². The van der Waals surface area contributed by atoms with E-state index < -0.39 is 0 Å². The SMILES string of the molecule is Cn1cc2c(n1)C(=O)N(C[C@@H]1CCCO1)CN2CCc1ccccc1. The molecule has 0 spiro atoms. The van der Waals surface area contributed by atoms with Gasteiger partial charge in [-0.1, -0.05) is 30.3 Å². The lowest BCUT2D eigenvalue weighted by atomic mass is 10.1. The average molecular weight is 340 g/mol. The van der Waals surface area contributed by atoms with Crippen LogP contribution in [-0.2, 0) is 18.2 Å². The topological polar surface area (TPSA) is 50.6 Å². The third kappa shape index (κ3) is 3.39. The van der Waals surface area contributed by atoms with E-state index >= 15 is 0 Å². The lowest BCUT2D eigenvalue weighted by molar-refractivity contribution is 0.0506. The van der Waals surface area contributed by atoms with Gasteiger partial charge in [-0.25, -0.2) is 0 Å². The van der Waals surface area contributed by atoms with Gasteiger partial charge in [0.05, 0.1) is 18.5 Å². The van der Waals surface area contributed by atoms with Crippen LogP contribution in [0.1, 0.15) is 28.9 Å². The quantitative estimate of drug-likeness (QED) is 0.836. The van der Waals surface area contributed by atoms with Gasteiger partial charge < -0.3 is 14.5 Å². The van der Waals surface area contributed by atoms with Crippen LogP contribution in [0.4, 0.5) is 5.69 Å². The van der Waals surface area contributed by atoms with E-state index in [2.05, 4.69) is 34.3 Å². The third-order valence-electron chi connectivity index (χ3n) is 4.94. The Hall–Kier alpha value is -2.34. The molecule has 0 aliphatic carbocycles. The molecular formula is C19H24N4O2. The molecule has 1 aromatic carbocycles. The van der Waals surface area contributed by atoms with Gasteiger partial charge in [-0.2, -0.15) is 5.10 Å². The molecule has 2 aliphatic heterocycles. The molecule has 3 heterocycles. The van der Waals surface area contributed by atoms with Crippen LogP contribution in [0.3, 0.4) is 0 Å². The predicted molar refractivity (Wildman–Crippen MR) is 95.6 cm³/mol. The van der Waals surface area contributed by atoms with Crippen molar-refractivity contribution in [2.24, 2.45) is 7.05 Å². The number of carbonyl (C=O) groups is 1. The molecule has 0 radical (unpaired) electrons. The Labute approximate surface area is 148 Å². The number of rotatable bonds is 5. The number of hydrogen-bond donors (Lipinski definition) is 0. The second kappa shape index (κ2) is 6.88. The van der Waals surface area contributed by atoms with E-state index in [-0.39, 0.29) is 12.0 Å². The molecular weight excluding hydrogens is 316 g/mol. The molecule has 0 bridgehead atoms. The Bertz CT molecular complexity index is 737. The zero-order valence-corrected chi connectivity index (χ0v) is 14.6. The predicted octanol–water partition coefficient (Wildman–Crippen LogP) is 2.06. The van der Waals surface area contributed by atoms with Crippen LogP contribution in [-0.4, -0.2) is 53.1 Å². The van der Waals surface area contributed by atoms with Crippen molar-refractivity contribution in [2.75, 3.05) is 31.3 Å². The lowest BCUT2D eigenvalue weighted by Gasteiger charge is -2.36. The van der Waals surface area contributed by atoms with Gasteiger partial charge in [0.1, 0.15) is 0 Å². The molecule has 0 N–H and O–H groups in total. The number of hydrogen-bond acceptors (Lipinski definition) is 4. The number of carbonyl (C=O) groups excluding carboxylic acids is 1. The first kappa shape index (κ1) is 16.1. The fraction of sp³-hybridized carbons (Fsp3) is 0.474. The molecule has 25 heavy (non-hydrogen) atoms. The fourth-order valence-corrected chi connectivity index (χ4v) is 3.63. The average Bonchev–Trinajstić information content (AvgIpc) is 3.27. The molecule has 2 aliphatic rings. The molecule has 2 aromatic rings. The summed E-state index contributed by atoms with van der Waals surface area (Å²) in [6.45, 7) is 2.91. The van der Waals surface area contributed by atoms with E-state index in [0.29, 0.717) is 18.9 Å². The summed E-state index contributed by atoms with van der Waals surface area (Å²) in [5, 5.41) is 4.41. The maximum Gasteiger partial charge on any atom is 0.278 e. The van der Waals surface area contributed by atoms with Gasteiger partial charge in [0.2, 0.25) is 0 Å².